The summed E-state index contributed by atoms with van der Waals surface area (Å²) in [6.07, 6.45) is 2.72. The van der Waals surface area contributed by atoms with E-state index in [-0.39, 0.29) is 12.4 Å². The molecule has 1 heterocycles. The van der Waals surface area contributed by atoms with Crippen molar-refractivity contribution < 1.29 is 9.90 Å². The molecule has 0 saturated carbocycles. The number of carbonyl (C=O) groups excluding carboxylic acids is 1. The maximum absolute atomic E-state index is 11.7. The van der Waals surface area contributed by atoms with Gasteiger partial charge in [-0.25, -0.2) is 0 Å². The Balaban J connectivity index is 2.47. The first kappa shape index (κ1) is 11.9. The molecule has 0 aliphatic carbocycles. The molecule has 0 amide bonds. The molecule has 84 valence electrons. The fourth-order valence-electron chi connectivity index (χ4n) is 1.52. The number of aromatic amines is 1. The van der Waals surface area contributed by atoms with Gasteiger partial charge < -0.3 is 10.1 Å². The monoisotopic (exact) mass is 210 g/mol. The van der Waals surface area contributed by atoms with Crippen LogP contribution in [0.15, 0.2) is 18.3 Å². The second kappa shape index (κ2) is 6.37. The predicted octanol–water partition coefficient (Wildman–Crippen LogP) is 0.902. The Morgan fingerprint density at radius 2 is 2.33 bits per heavy atom. The molecule has 0 fully saturated rings. The van der Waals surface area contributed by atoms with Crippen LogP contribution in [0.2, 0.25) is 0 Å². The number of aromatic nitrogens is 1. The highest BCUT2D eigenvalue weighted by Gasteiger charge is 2.11. The van der Waals surface area contributed by atoms with Gasteiger partial charge in [0.25, 0.3) is 0 Å². The third-order valence-corrected chi connectivity index (χ3v) is 2.22. The van der Waals surface area contributed by atoms with Crippen LogP contribution >= 0.6 is 0 Å². The van der Waals surface area contributed by atoms with Gasteiger partial charge in [0.2, 0.25) is 0 Å². The van der Waals surface area contributed by atoms with E-state index in [1.165, 1.54) is 0 Å². The Morgan fingerprint density at radius 3 is 2.87 bits per heavy atom. The van der Waals surface area contributed by atoms with Crippen LogP contribution in [0.3, 0.4) is 0 Å². The molecule has 0 aliphatic heterocycles. The number of hydrogen-bond donors (Lipinski definition) is 2. The summed E-state index contributed by atoms with van der Waals surface area (Å²) in [5.74, 6) is 0.0712. The molecule has 0 saturated heterocycles. The van der Waals surface area contributed by atoms with Gasteiger partial charge in [0.1, 0.15) is 0 Å². The first-order chi connectivity index (χ1) is 7.27. The normalized spacial score (nSPS) is 10.9. The second-order valence-corrected chi connectivity index (χ2v) is 3.51. The lowest BCUT2D eigenvalue weighted by Crippen LogP contribution is -2.33. The number of rotatable bonds is 7. The molecule has 4 heteroatoms. The Kier molecular flexibility index (Phi) is 5.07. The number of hydrogen-bond acceptors (Lipinski definition) is 3. The summed E-state index contributed by atoms with van der Waals surface area (Å²) in [4.78, 5) is 16.6. The number of carbonyl (C=O) groups is 1. The largest absolute Gasteiger partial charge is 0.395 e. The summed E-state index contributed by atoms with van der Waals surface area (Å²) in [7, 11) is 0. The summed E-state index contributed by atoms with van der Waals surface area (Å²) in [5.41, 5.74) is 0.633. The van der Waals surface area contributed by atoms with Gasteiger partial charge in [-0.05, 0) is 25.1 Å². The van der Waals surface area contributed by atoms with E-state index in [9.17, 15) is 4.79 Å². The van der Waals surface area contributed by atoms with E-state index in [0.29, 0.717) is 18.8 Å². The minimum atomic E-state index is 0.0712. The molecular weight excluding hydrogens is 192 g/mol. The molecule has 1 rings (SSSR count). The molecule has 0 radical (unpaired) electrons. The number of nitrogens with one attached hydrogen (secondary N) is 1. The van der Waals surface area contributed by atoms with Crippen molar-refractivity contribution >= 4 is 5.78 Å². The Morgan fingerprint density at radius 1 is 1.53 bits per heavy atom. The molecule has 0 spiro atoms. The Hall–Kier alpha value is -1.13. The first-order valence-corrected chi connectivity index (χ1v) is 5.27. The summed E-state index contributed by atoms with van der Waals surface area (Å²) >= 11 is 0. The second-order valence-electron chi connectivity index (χ2n) is 3.51. The summed E-state index contributed by atoms with van der Waals surface area (Å²) in [6.45, 7) is 3.92. The van der Waals surface area contributed by atoms with E-state index in [0.717, 1.165) is 13.0 Å². The molecule has 1 aromatic heterocycles. The smallest absolute Gasteiger partial charge is 0.192 e. The number of nitrogens with zero attached hydrogens (tertiary/aromatic N) is 1. The van der Waals surface area contributed by atoms with Crippen molar-refractivity contribution in [2.75, 3.05) is 26.2 Å². The summed E-state index contributed by atoms with van der Waals surface area (Å²) < 4.78 is 0. The highest BCUT2D eigenvalue weighted by Crippen LogP contribution is 1.99. The summed E-state index contributed by atoms with van der Waals surface area (Å²) in [6, 6.07) is 3.58. The van der Waals surface area contributed by atoms with E-state index in [4.69, 9.17) is 5.11 Å². The fourth-order valence-corrected chi connectivity index (χ4v) is 1.52. The standard InChI is InChI=1S/C11H18N2O2/c1-2-6-13(7-8-14)9-11(15)10-4-3-5-12-10/h3-5,12,14H,2,6-9H2,1H3. The van der Waals surface area contributed by atoms with Crippen molar-refractivity contribution in [3.63, 3.8) is 0 Å². The van der Waals surface area contributed by atoms with Crippen molar-refractivity contribution in [1.29, 1.82) is 0 Å². The zero-order valence-corrected chi connectivity index (χ0v) is 9.07. The summed E-state index contributed by atoms with van der Waals surface area (Å²) in [5, 5.41) is 8.85. The number of aliphatic hydroxyl groups is 1. The van der Waals surface area contributed by atoms with Gasteiger partial charge in [-0.2, -0.15) is 0 Å². The van der Waals surface area contributed by atoms with Gasteiger partial charge in [0, 0.05) is 12.7 Å². The molecule has 0 aromatic carbocycles. The molecule has 15 heavy (non-hydrogen) atoms. The lowest BCUT2D eigenvalue weighted by molar-refractivity contribution is 0.0910. The molecule has 1 aromatic rings. The van der Waals surface area contributed by atoms with Gasteiger partial charge in [-0.15, -0.1) is 0 Å². The van der Waals surface area contributed by atoms with Crippen LogP contribution in [-0.4, -0.2) is 47.0 Å². The van der Waals surface area contributed by atoms with Crippen LogP contribution < -0.4 is 0 Å². The van der Waals surface area contributed by atoms with Crippen LogP contribution in [0.25, 0.3) is 0 Å². The van der Waals surface area contributed by atoms with Crippen LogP contribution in [0.5, 0.6) is 0 Å². The van der Waals surface area contributed by atoms with Crippen molar-refractivity contribution in [2.45, 2.75) is 13.3 Å². The third-order valence-electron chi connectivity index (χ3n) is 2.22. The van der Waals surface area contributed by atoms with Gasteiger partial charge in [0.15, 0.2) is 5.78 Å². The van der Waals surface area contributed by atoms with Crippen molar-refractivity contribution in [3.8, 4) is 0 Å². The van der Waals surface area contributed by atoms with Crippen LogP contribution in [0.1, 0.15) is 23.8 Å². The Labute approximate surface area is 89.9 Å². The maximum atomic E-state index is 11.7. The van der Waals surface area contributed by atoms with Crippen LogP contribution in [0, 0.1) is 0 Å². The van der Waals surface area contributed by atoms with E-state index in [1.54, 1.807) is 12.3 Å². The van der Waals surface area contributed by atoms with Crippen molar-refractivity contribution in [3.05, 3.63) is 24.0 Å². The minimum absolute atomic E-state index is 0.0712. The number of H-pyrrole nitrogens is 1. The average Bonchev–Trinajstić information content (AvgIpc) is 2.71. The Bertz CT molecular complexity index is 277. The topological polar surface area (TPSA) is 56.3 Å². The van der Waals surface area contributed by atoms with Gasteiger partial charge in [0.05, 0.1) is 18.8 Å². The molecular formula is C11H18N2O2. The molecule has 2 N–H and O–H groups in total. The van der Waals surface area contributed by atoms with Gasteiger partial charge in [-0.1, -0.05) is 6.92 Å². The van der Waals surface area contributed by atoms with Gasteiger partial charge >= 0.3 is 0 Å². The van der Waals surface area contributed by atoms with E-state index in [1.807, 2.05) is 11.0 Å². The van der Waals surface area contributed by atoms with E-state index < -0.39 is 0 Å². The third kappa shape index (κ3) is 3.85. The highest BCUT2D eigenvalue weighted by molar-refractivity contribution is 5.95. The quantitative estimate of drug-likeness (QED) is 0.657. The van der Waals surface area contributed by atoms with Gasteiger partial charge in [-0.3, -0.25) is 9.69 Å². The molecule has 0 unspecified atom stereocenters. The molecule has 0 bridgehead atoms. The maximum Gasteiger partial charge on any atom is 0.192 e. The predicted molar refractivity (Wildman–Crippen MR) is 58.9 cm³/mol. The van der Waals surface area contributed by atoms with E-state index in [2.05, 4.69) is 11.9 Å². The molecule has 0 atom stereocenters. The lowest BCUT2D eigenvalue weighted by atomic mass is 10.2. The SMILES string of the molecule is CCCN(CCO)CC(=O)c1ccc[nH]1. The zero-order chi connectivity index (χ0) is 11.1. The lowest BCUT2D eigenvalue weighted by Gasteiger charge is -2.18. The zero-order valence-electron chi connectivity index (χ0n) is 9.07. The number of ketones is 1. The first-order valence-electron chi connectivity index (χ1n) is 5.27. The highest BCUT2D eigenvalue weighted by atomic mass is 16.3. The van der Waals surface area contributed by atoms with E-state index >= 15 is 0 Å². The number of Topliss-reactive ketones (excluding diaryl/α,β-unsaturated/α-hetero) is 1. The minimum Gasteiger partial charge on any atom is -0.395 e. The van der Waals surface area contributed by atoms with Crippen molar-refractivity contribution in [1.82, 2.24) is 9.88 Å². The molecule has 0 aliphatic rings. The fraction of sp³-hybridized carbons (Fsp3) is 0.545. The number of aliphatic hydroxyl groups excluding tert-OH is 1. The van der Waals surface area contributed by atoms with Crippen LogP contribution in [-0.2, 0) is 0 Å². The molecule has 4 nitrogen and oxygen atoms in total. The average molecular weight is 210 g/mol. The van der Waals surface area contributed by atoms with Crippen molar-refractivity contribution in [2.24, 2.45) is 0 Å². The van der Waals surface area contributed by atoms with Crippen LogP contribution in [0.4, 0.5) is 0 Å².